The van der Waals surface area contributed by atoms with E-state index in [4.69, 9.17) is 4.74 Å². The number of nitrogens with one attached hydrogen (secondary N) is 2. The van der Waals surface area contributed by atoms with Crippen molar-refractivity contribution in [3.05, 3.63) is 44.0 Å². The van der Waals surface area contributed by atoms with Gasteiger partial charge >= 0.3 is 5.97 Å². The van der Waals surface area contributed by atoms with Crippen LogP contribution in [0.5, 0.6) is 0 Å². The van der Waals surface area contributed by atoms with Crippen molar-refractivity contribution < 1.29 is 9.53 Å². The first-order valence-corrected chi connectivity index (χ1v) is 8.36. The van der Waals surface area contributed by atoms with Crippen molar-refractivity contribution in [3.8, 4) is 0 Å². The van der Waals surface area contributed by atoms with Gasteiger partial charge in [-0.05, 0) is 25.3 Å². The highest BCUT2D eigenvalue weighted by atomic mass is 32.1. The zero-order valence-corrected chi connectivity index (χ0v) is 14.1. The normalized spacial score (nSPS) is 10.9. The Balaban J connectivity index is 1.87. The van der Waals surface area contributed by atoms with Gasteiger partial charge in [0.2, 0.25) is 5.95 Å². The highest BCUT2D eigenvalue weighted by Crippen LogP contribution is 2.11. The minimum atomic E-state index is -0.449. The summed E-state index contributed by atoms with van der Waals surface area (Å²) in [7, 11) is 0. The first-order chi connectivity index (χ1) is 11.6. The zero-order chi connectivity index (χ0) is 17.1. The summed E-state index contributed by atoms with van der Waals surface area (Å²) in [6.45, 7) is 4.28. The van der Waals surface area contributed by atoms with E-state index in [0.717, 1.165) is 4.88 Å². The summed E-state index contributed by atoms with van der Waals surface area (Å²) in [5, 5.41) is 7.98. The Hall–Kier alpha value is -2.68. The molecule has 0 aromatic carbocycles. The van der Waals surface area contributed by atoms with E-state index >= 15 is 0 Å². The number of aryl methyl sites for hydroxylation is 1. The van der Waals surface area contributed by atoms with Gasteiger partial charge in [-0.1, -0.05) is 6.07 Å². The first-order valence-electron chi connectivity index (χ1n) is 7.48. The van der Waals surface area contributed by atoms with E-state index < -0.39 is 5.97 Å². The molecule has 0 saturated heterocycles. The zero-order valence-electron chi connectivity index (χ0n) is 13.3. The molecule has 9 heteroatoms. The molecule has 0 amide bonds. The van der Waals surface area contributed by atoms with Gasteiger partial charge in [0.15, 0.2) is 0 Å². The molecule has 2 N–H and O–H groups in total. The number of ether oxygens (including phenoxy) is 1. The summed E-state index contributed by atoms with van der Waals surface area (Å²) < 4.78 is 6.14. The van der Waals surface area contributed by atoms with Crippen molar-refractivity contribution in [2.45, 2.75) is 26.8 Å². The van der Waals surface area contributed by atoms with Crippen molar-refractivity contribution in [2.24, 2.45) is 0 Å². The molecule has 0 unspecified atom stereocenters. The van der Waals surface area contributed by atoms with Crippen LogP contribution >= 0.6 is 11.3 Å². The second kappa shape index (κ2) is 6.83. The van der Waals surface area contributed by atoms with Crippen LogP contribution in [0.2, 0.25) is 0 Å². The number of thiophene rings is 1. The second-order valence-electron chi connectivity index (χ2n) is 5.10. The number of aromatic amines is 1. The third-order valence-corrected chi connectivity index (χ3v) is 4.31. The van der Waals surface area contributed by atoms with Crippen LogP contribution in [0.4, 0.5) is 5.95 Å². The Kier molecular flexibility index (Phi) is 4.61. The SMILES string of the molecule is CCOC(=O)Cc1c(C)nc2nc(NCc3cccs3)[nH]n2c1=O. The standard InChI is InChI=1S/C15H17N5O3S/c1-3-23-12(21)7-11-9(2)17-15-18-14(19-20(15)13(11)22)16-8-10-5-4-6-24-10/h4-6H,3,7-8H2,1-2H3,(H2,16,17,18,19). The van der Waals surface area contributed by atoms with Gasteiger partial charge in [-0.15, -0.1) is 11.3 Å². The van der Waals surface area contributed by atoms with Gasteiger partial charge in [-0.2, -0.15) is 9.50 Å². The number of fused-ring (bicyclic) bond motifs is 1. The van der Waals surface area contributed by atoms with Crippen molar-refractivity contribution >= 4 is 29.0 Å². The van der Waals surface area contributed by atoms with Crippen LogP contribution in [0.25, 0.3) is 5.78 Å². The first kappa shape index (κ1) is 16.2. The molecule has 0 fully saturated rings. The lowest BCUT2D eigenvalue weighted by Gasteiger charge is -2.04. The topological polar surface area (TPSA) is 101 Å². The van der Waals surface area contributed by atoms with Crippen LogP contribution < -0.4 is 10.9 Å². The van der Waals surface area contributed by atoms with E-state index in [1.54, 1.807) is 25.2 Å². The summed E-state index contributed by atoms with van der Waals surface area (Å²) in [5.74, 6) is 0.259. The highest BCUT2D eigenvalue weighted by Gasteiger charge is 2.16. The fourth-order valence-corrected chi connectivity index (χ4v) is 2.92. The molecule has 3 heterocycles. The summed E-state index contributed by atoms with van der Waals surface area (Å²) in [6.07, 6.45) is -0.106. The van der Waals surface area contributed by atoms with Crippen LogP contribution in [-0.4, -0.2) is 32.2 Å². The van der Waals surface area contributed by atoms with Gasteiger partial charge in [0.05, 0.1) is 30.8 Å². The number of rotatable bonds is 6. The summed E-state index contributed by atoms with van der Waals surface area (Å²) in [4.78, 5) is 33.9. The number of esters is 1. The lowest BCUT2D eigenvalue weighted by atomic mass is 10.2. The van der Waals surface area contributed by atoms with Crippen LogP contribution in [0.15, 0.2) is 22.3 Å². The molecule has 0 spiro atoms. The molecule has 0 radical (unpaired) electrons. The minimum Gasteiger partial charge on any atom is -0.466 e. The molecule has 3 rings (SSSR count). The maximum Gasteiger partial charge on any atom is 0.310 e. The monoisotopic (exact) mass is 347 g/mol. The Labute approximate surface area is 141 Å². The molecule has 126 valence electrons. The Morgan fingerprint density at radius 2 is 2.29 bits per heavy atom. The molecule has 3 aromatic heterocycles. The van der Waals surface area contributed by atoms with Crippen molar-refractivity contribution in [2.75, 3.05) is 11.9 Å². The van der Waals surface area contributed by atoms with E-state index in [-0.39, 0.29) is 24.4 Å². The van der Waals surface area contributed by atoms with Gasteiger partial charge in [-0.25, -0.2) is 4.98 Å². The number of H-pyrrole nitrogens is 1. The summed E-state index contributed by atoms with van der Waals surface area (Å²) >= 11 is 1.63. The molecular weight excluding hydrogens is 330 g/mol. The van der Waals surface area contributed by atoms with Gasteiger partial charge in [0.25, 0.3) is 11.3 Å². The van der Waals surface area contributed by atoms with Crippen molar-refractivity contribution in [1.82, 2.24) is 19.6 Å². The van der Waals surface area contributed by atoms with E-state index in [9.17, 15) is 9.59 Å². The average molecular weight is 347 g/mol. The fourth-order valence-electron chi connectivity index (χ4n) is 2.28. The lowest BCUT2D eigenvalue weighted by Crippen LogP contribution is -2.25. The van der Waals surface area contributed by atoms with Gasteiger partial charge in [0.1, 0.15) is 0 Å². The summed E-state index contributed by atoms with van der Waals surface area (Å²) in [6, 6.07) is 3.98. The van der Waals surface area contributed by atoms with Crippen molar-refractivity contribution in [1.29, 1.82) is 0 Å². The smallest absolute Gasteiger partial charge is 0.310 e. The summed E-state index contributed by atoms with van der Waals surface area (Å²) in [5.41, 5.74) is 0.436. The van der Waals surface area contributed by atoms with Gasteiger partial charge in [0, 0.05) is 4.88 Å². The van der Waals surface area contributed by atoms with E-state index in [0.29, 0.717) is 23.8 Å². The Bertz CT molecular complexity index is 913. The van der Waals surface area contributed by atoms with E-state index in [1.165, 1.54) is 4.52 Å². The van der Waals surface area contributed by atoms with E-state index in [1.807, 2.05) is 17.5 Å². The van der Waals surface area contributed by atoms with Gasteiger partial charge in [-0.3, -0.25) is 14.7 Å². The molecule has 24 heavy (non-hydrogen) atoms. The van der Waals surface area contributed by atoms with Crippen molar-refractivity contribution in [3.63, 3.8) is 0 Å². The molecule has 8 nitrogen and oxygen atoms in total. The predicted molar refractivity (Wildman–Crippen MR) is 90.3 cm³/mol. The van der Waals surface area contributed by atoms with Crippen LogP contribution in [0.1, 0.15) is 23.1 Å². The van der Waals surface area contributed by atoms with E-state index in [2.05, 4.69) is 20.4 Å². The van der Waals surface area contributed by atoms with Crippen LogP contribution in [0, 0.1) is 6.92 Å². The van der Waals surface area contributed by atoms with Crippen LogP contribution in [0.3, 0.4) is 0 Å². The molecule has 3 aromatic rings. The largest absolute Gasteiger partial charge is 0.466 e. The minimum absolute atomic E-state index is 0.106. The third kappa shape index (κ3) is 3.30. The number of hydrogen-bond donors (Lipinski definition) is 2. The Morgan fingerprint density at radius 1 is 1.46 bits per heavy atom. The number of aromatic nitrogens is 4. The van der Waals surface area contributed by atoms with Crippen LogP contribution in [-0.2, 0) is 22.5 Å². The second-order valence-corrected chi connectivity index (χ2v) is 6.14. The lowest BCUT2D eigenvalue weighted by molar-refractivity contribution is -0.142. The quantitative estimate of drug-likeness (QED) is 0.655. The Morgan fingerprint density at radius 3 is 3.00 bits per heavy atom. The number of anilines is 1. The molecule has 0 bridgehead atoms. The fraction of sp³-hybridized carbons (Fsp3) is 0.333. The number of hydrogen-bond acceptors (Lipinski definition) is 7. The highest BCUT2D eigenvalue weighted by molar-refractivity contribution is 7.09. The molecular formula is C15H17N5O3S. The molecule has 0 atom stereocenters. The maximum absolute atomic E-state index is 12.6. The average Bonchev–Trinajstić information content (AvgIpc) is 3.19. The number of carbonyl (C=O) groups excluding carboxylic acids is 1. The third-order valence-electron chi connectivity index (χ3n) is 3.43. The molecule has 0 aliphatic rings. The molecule has 0 saturated carbocycles. The van der Waals surface area contributed by atoms with Gasteiger partial charge < -0.3 is 10.1 Å². The maximum atomic E-state index is 12.6. The molecule has 0 aliphatic heterocycles. The number of carbonyl (C=O) groups is 1. The number of nitrogens with zero attached hydrogens (tertiary/aromatic N) is 3. The predicted octanol–water partition coefficient (Wildman–Crippen LogP) is 1.51. The molecule has 0 aliphatic carbocycles.